The van der Waals surface area contributed by atoms with Crippen LogP contribution in [-0.2, 0) is 16.1 Å². The van der Waals surface area contributed by atoms with Gasteiger partial charge in [-0.3, -0.25) is 9.48 Å². The van der Waals surface area contributed by atoms with Crippen molar-refractivity contribution in [3.63, 3.8) is 0 Å². The highest BCUT2D eigenvalue weighted by Gasteiger charge is 2.23. The molecular formula is C17H22N2O2. The Morgan fingerprint density at radius 1 is 1.24 bits per heavy atom. The smallest absolute Gasteiger partial charge is 0.312 e. The molecule has 1 aromatic heterocycles. The molecule has 0 amide bonds. The monoisotopic (exact) mass is 286 g/mol. The molecule has 0 aliphatic rings. The van der Waals surface area contributed by atoms with E-state index in [1.54, 1.807) is 0 Å². The van der Waals surface area contributed by atoms with Crippen molar-refractivity contribution in [3.8, 4) is 0 Å². The molecule has 2 aromatic rings. The standard InChI is InChI=1S/C17H22N2O2/c1-11-6-8-15(9-7-11)10-19-14(4)16(13(3)18-19)12(2)17(20)21-5/h6-9,12H,10H2,1-5H3. The van der Waals surface area contributed by atoms with Crippen LogP contribution in [0.15, 0.2) is 24.3 Å². The summed E-state index contributed by atoms with van der Waals surface area (Å²) in [5.74, 6) is -0.516. The molecule has 1 heterocycles. The number of methoxy groups -OCH3 is 1. The Balaban J connectivity index is 2.30. The van der Waals surface area contributed by atoms with Crippen molar-refractivity contribution in [2.45, 2.75) is 40.2 Å². The number of rotatable bonds is 4. The van der Waals surface area contributed by atoms with E-state index in [0.717, 1.165) is 17.0 Å². The first-order chi connectivity index (χ1) is 9.93. The fourth-order valence-electron chi connectivity index (χ4n) is 2.65. The maximum Gasteiger partial charge on any atom is 0.312 e. The van der Waals surface area contributed by atoms with Crippen LogP contribution in [0.4, 0.5) is 0 Å². The number of carbonyl (C=O) groups is 1. The lowest BCUT2D eigenvalue weighted by Gasteiger charge is -2.10. The van der Waals surface area contributed by atoms with E-state index in [1.165, 1.54) is 18.2 Å². The van der Waals surface area contributed by atoms with Gasteiger partial charge >= 0.3 is 5.97 Å². The summed E-state index contributed by atoms with van der Waals surface area (Å²) < 4.78 is 6.79. The topological polar surface area (TPSA) is 44.1 Å². The maximum absolute atomic E-state index is 11.8. The Kier molecular flexibility index (Phi) is 4.46. The van der Waals surface area contributed by atoms with E-state index < -0.39 is 0 Å². The van der Waals surface area contributed by atoms with Crippen molar-refractivity contribution in [1.29, 1.82) is 0 Å². The summed E-state index contributed by atoms with van der Waals surface area (Å²) >= 11 is 0. The van der Waals surface area contributed by atoms with Crippen LogP contribution in [0, 0.1) is 20.8 Å². The van der Waals surface area contributed by atoms with Gasteiger partial charge in [-0.1, -0.05) is 29.8 Å². The minimum atomic E-state index is -0.290. The lowest BCUT2D eigenvalue weighted by molar-refractivity contribution is -0.142. The van der Waals surface area contributed by atoms with Crippen LogP contribution in [0.25, 0.3) is 0 Å². The second kappa shape index (κ2) is 6.12. The predicted octanol–water partition coefficient (Wildman–Crippen LogP) is 3.13. The van der Waals surface area contributed by atoms with E-state index in [2.05, 4.69) is 36.3 Å². The summed E-state index contributed by atoms with van der Waals surface area (Å²) in [6.07, 6.45) is 0. The molecule has 2 rings (SSSR count). The molecule has 0 bridgehead atoms. The van der Waals surface area contributed by atoms with Crippen molar-refractivity contribution in [3.05, 3.63) is 52.3 Å². The maximum atomic E-state index is 11.8. The summed E-state index contributed by atoms with van der Waals surface area (Å²) in [5.41, 5.74) is 5.31. The van der Waals surface area contributed by atoms with Gasteiger partial charge in [-0.25, -0.2) is 0 Å². The first kappa shape index (κ1) is 15.3. The van der Waals surface area contributed by atoms with E-state index in [-0.39, 0.29) is 11.9 Å². The number of hydrogen-bond donors (Lipinski definition) is 0. The molecule has 21 heavy (non-hydrogen) atoms. The lowest BCUT2D eigenvalue weighted by atomic mass is 9.99. The summed E-state index contributed by atoms with van der Waals surface area (Å²) in [7, 11) is 1.42. The zero-order chi connectivity index (χ0) is 15.6. The number of carbonyl (C=O) groups excluding carboxylic acids is 1. The normalized spacial score (nSPS) is 12.2. The van der Waals surface area contributed by atoms with Gasteiger partial charge in [0, 0.05) is 11.3 Å². The minimum Gasteiger partial charge on any atom is -0.469 e. The third kappa shape index (κ3) is 3.15. The van der Waals surface area contributed by atoms with E-state index in [4.69, 9.17) is 4.74 Å². The van der Waals surface area contributed by atoms with Gasteiger partial charge in [-0.05, 0) is 33.3 Å². The molecule has 0 saturated carbocycles. The molecular weight excluding hydrogens is 264 g/mol. The van der Waals surface area contributed by atoms with Crippen molar-refractivity contribution in [2.75, 3.05) is 7.11 Å². The van der Waals surface area contributed by atoms with E-state index in [1.807, 2.05) is 25.5 Å². The van der Waals surface area contributed by atoms with Gasteiger partial charge in [-0.15, -0.1) is 0 Å². The minimum absolute atomic E-state index is 0.226. The molecule has 4 heteroatoms. The van der Waals surface area contributed by atoms with Crippen LogP contribution in [0.1, 0.15) is 40.9 Å². The van der Waals surface area contributed by atoms with Crippen LogP contribution in [0.3, 0.4) is 0 Å². The highest BCUT2D eigenvalue weighted by atomic mass is 16.5. The van der Waals surface area contributed by atoms with Gasteiger partial charge in [0.15, 0.2) is 0 Å². The lowest BCUT2D eigenvalue weighted by Crippen LogP contribution is -2.13. The Morgan fingerprint density at radius 2 is 1.86 bits per heavy atom. The zero-order valence-electron chi connectivity index (χ0n) is 13.3. The average Bonchev–Trinajstić information content (AvgIpc) is 2.74. The van der Waals surface area contributed by atoms with Gasteiger partial charge in [0.05, 0.1) is 25.3 Å². The third-order valence-corrected chi connectivity index (χ3v) is 3.88. The van der Waals surface area contributed by atoms with Crippen LogP contribution in [-0.4, -0.2) is 22.9 Å². The molecule has 112 valence electrons. The molecule has 0 N–H and O–H groups in total. The number of aromatic nitrogens is 2. The molecule has 0 saturated heterocycles. The van der Waals surface area contributed by atoms with Crippen LogP contribution in [0.2, 0.25) is 0 Å². The number of aryl methyl sites for hydroxylation is 2. The van der Waals surface area contributed by atoms with E-state index in [9.17, 15) is 4.79 Å². The quantitative estimate of drug-likeness (QED) is 0.811. The van der Waals surface area contributed by atoms with Gasteiger partial charge in [0.25, 0.3) is 0 Å². The Morgan fingerprint density at radius 3 is 2.43 bits per heavy atom. The summed E-state index contributed by atoms with van der Waals surface area (Å²) in [6.45, 7) is 8.58. The van der Waals surface area contributed by atoms with Crippen molar-refractivity contribution in [2.24, 2.45) is 0 Å². The average molecular weight is 286 g/mol. The summed E-state index contributed by atoms with van der Waals surface area (Å²) in [4.78, 5) is 11.8. The summed E-state index contributed by atoms with van der Waals surface area (Å²) in [6, 6.07) is 8.41. The zero-order valence-corrected chi connectivity index (χ0v) is 13.3. The molecule has 1 atom stereocenters. The fraction of sp³-hybridized carbons (Fsp3) is 0.412. The van der Waals surface area contributed by atoms with Crippen molar-refractivity contribution in [1.82, 2.24) is 9.78 Å². The first-order valence-electron chi connectivity index (χ1n) is 7.11. The summed E-state index contributed by atoms with van der Waals surface area (Å²) in [5, 5.41) is 4.57. The van der Waals surface area contributed by atoms with Crippen LogP contribution in [0.5, 0.6) is 0 Å². The van der Waals surface area contributed by atoms with Gasteiger partial charge in [-0.2, -0.15) is 5.10 Å². The fourth-order valence-corrected chi connectivity index (χ4v) is 2.65. The van der Waals surface area contributed by atoms with Crippen LogP contribution >= 0.6 is 0 Å². The Hall–Kier alpha value is -2.10. The molecule has 0 spiro atoms. The molecule has 1 unspecified atom stereocenters. The highest BCUT2D eigenvalue weighted by molar-refractivity contribution is 5.78. The number of benzene rings is 1. The molecule has 4 nitrogen and oxygen atoms in total. The van der Waals surface area contributed by atoms with Gasteiger partial charge < -0.3 is 4.74 Å². The van der Waals surface area contributed by atoms with Gasteiger partial charge in [0.1, 0.15) is 0 Å². The second-order valence-electron chi connectivity index (χ2n) is 5.47. The number of nitrogens with zero attached hydrogens (tertiary/aromatic N) is 2. The number of ether oxygens (including phenoxy) is 1. The largest absolute Gasteiger partial charge is 0.469 e. The highest BCUT2D eigenvalue weighted by Crippen LogP contribution is 2.24. The number of esters is 1. The second-order valence-corrected chi connectivity index (χ2v) is 5.47. The Bertz CT molecular complexity index is 642. The predicted molar refractivity (Wildman–Crippen MR) is 82.4 cm³/mol. The van der Waals surface area contributed by atoms with Gasteiger partial charge in [0.2, 0.25) is 0 Å². The van der Waals surface area contributed by atoms with E-state index in [0.29, 0.717) is 6.54 Å². The van der Waals surface area contributed by atoms with Crippen LogP contribution < -0.4 is 0 Å². The molecule has 0 fully saturated rings. The molecule has 0 aliphatic carbocycles. The number of hydrogen-bond acceptors (Lipinski definition) is 3. The van der Waals surface area contributed by atoms with Crippen molar-refractivity contribution < 1.29 is 9.53 Å². The van der Waals surface area contributed by atoms with Crippen molar-refractivity contribution >= 4 is 5.97 Å². The molecule has 0 aliphatic heterocycles. The molecule has 0 radical (unpaired) electrons. The first-order valence-corrected chi connectivity index (χ1v) is 7.11. The SMILES string of the molecule is COC(=O)C(C)c1c(C)nn(Cc2ccc(C)cc2)c1C. The molecule has 1 aromatic carbocycles. The van der Waals surface area contributed by atoms with E-state index >= 15 is 0 Å². The third-order valence-electron chi connectivity index (χ3n) is 3.88. The Labute approximate surface area is 125 Å².